The van der Waals surface area contributed by atoms with Gasteiger partial charge in [-0.25, -0.2) is 4.79 Å². The molecule has 0 spiro atoms. The van der Waals surface area contributed by atoms with Gasteiger partial charge in [0.2, 0.25) is 0 Å². The van der Waals surface area contributed by atoms with Crippen molar-refractivity contribution in [2.24, 2.45) is 0 Å². The minimum atomic E-state index is -1.10. The van der Waals surface area contributed by atoms with E-state index in [0.717, 1.165) is 0 Å². The molecular formula is C7H6NO3. The Morgan fingerprint density at radius 2 is 2.00 bits per heavy atom. The minimum Gasteiger partial charge on any atom is -0.478 e. The Hall–Kier alpha value is -1.55. The molecule has 2 N–H and O–H groups in total. The fraction of sp³-hybridized carbons (Fsp3) is 0. The molecule has 0 atom stereocenters. The first-order valence-corrected chi connectivity index (χ1v) is 2.93. The van der Waals surface area contributed by atoms with Gasteiger partial charge in [-0.15, -0.1) is 5.48 Å². The van der Waals surface area contributed by atoms with E-state index in [1.54, 1.807) is 12.1 Å². The topological polar surface area (TPSA) is 71.6 Å². The Kier molecular flexibility index (Phi) is 2.08. The highest BCUT2D eigenvalue weighted by Crippen LogP contribution is 2.13. The first-order valence-electron chi connectivity index (χ1n) is 2.93. The summed E-state index contributed by atoms with van der Waals surface area (Å²) in [4.78, 5) is 10.4. The molecule has 1 radical (unpaired) electrons. The van der Waals surface area contributed by atoms with Crippen LogP contribution in [0.5, 0.6) is 0 Å². The predicted molar refractivity (Wildman–Crippen MR) is 37.0 cm³/mol. The predicted octanol–water partition coefficient (Wildman–Crippen LogP) is 1.01. The first kappa shape index (κ1) is 7.56. The summed E-state index contributed by atoms with van der Waals surface area (Å²) in [5.74, 6) is -1.10. The van der Waals surface area contributed by atoms with E-state index in [1.807, 2.05) is 0 Å². The zero-order valence-corrected chi connectivity index (χ0v) is 5.56. The first-order chi connectivity index (χ1) is 5.25. The number of carboxylic acids is 1. The van der Waals surface area contributed by atoms with E-state index < -0.39 is 5.97 Å². The lowest BCUT2D eigenvalue weighted by Crippen LogP contribution is -2.01. The van der Waals surface area contributed by atoms with Crippen molar-refractivity contribution in [3.8, 4) is 0 Å². The number of aromatic carboxylic acids is 1. The van der Waals surface area contributed by atoms with Crippen LogP contribution in [0.1, 0.15) is 10.4 Å². The number of carbonyl (C=O) groups is 1. The van der Waals surface area contributed by atoms with Gasteiger partial charge in [0, 0.05) is 0 Å². The summed E-state index contributed by atoms with van der Waals surface area (Å²) in [5.41, 5.74) is 2.88. The van der Waals surface area contributed by atoms with E-state index >= 15 is 0 Å². The molecule has 0 aliphatic heterocycles. The van der Waals surface area contributed by atoms with Crippen LogP contribution in [0.2, 0.25) is 0 Å². The molecule has 0 aliphatic carbocycles. The van der Waals surface area contributed by atoms with Crippen LogP contribution >= 0.6 is 0 Å². The quantitative estimate of drug-likeness (QED) is 0.621. The van der Waals surface area contributed by atoms with Crippen molar-refractivity contribution in [2.45, 2.75) is 0 Å². The van der Waals surface area contributed by atoms with E-state index in [-0.39, 0.29) is 11.3 Å². The van der Waals surface area contributed by atoms with Crippen molar-refractivity contribution in [3.05, 3.63) is 29.8 Å². The fourth-order valence-electron chi connectivity index (χ4n) is 0.742. The van der Waals surface area contributed by atoms with Crippen molar-refractivity contribution in [1.29, 1.82) is 0 Å². The molecule has 1 aromatic carbocycles. The van der Waals surface area contributed by atoms with Crippen molar-refractivity contribution >= 4 is 11.7 Å². The maximum atomic E-state index is 10.4. The van der Waals surface area contributed by atoms with Gasteiger partial charge in [0.1, 0.15) is 5.69 Å². The second-order valence-corrected chi connectivity index (χ2v) is 1.92. The molecule has 0 aromatic heterocycles. The van der Waals surface area contributed by atoms with Crippen LogP contribution < -0.4 is 5.48 Å². The Morgan fingerprint density at radius 1 is 1.36 bits per heavy atom. The summed E-state index contributed by atoms with van der Waals surface area (Å²) in [6.45, 7) is 0. The Bertz CT molecular complexity index is 272. The SMILES string of the molecule is O=C(O)c1ccccc1[N]O. The van der Waals surface area contributed by atoms with Crippen molar-refractivity contribution in [1.82, 2.24) is 5.48 Å². The number of nitrogens with zero attached hydrogens (tertiary/aromatic N) is 1. The van der Waals surface area contributed by atoms with Crippen LogP contribution in [0.3, 0.4) is 0 Å². The van der Waals surface area contributed by atoms with Gasteiger partial charge in [-0.1, -0.05) is 12.1 Å². The van der Waals surface area contributed by atoms with Crippen LogP contribution in [0.4, 0.5) is 5.69 Å². The molecule has 0 fully saturated rings. The van der Waals surface area contributed by atoms with Gasteiger partial charge in [0.15, 0.2) is 0 Å². The summed E-state index contributed by atoms with van der Waals surface area (Å²) in [5, 5.41) is 16.9. The van der Waals surface area contributed by atoms with Gasteiger partial charge >= 0.3 is 5.97 Å². The van der Waals surface area contributed by atoms with Gasteiger partial charge in [-0.05, 0) is 12.1 Å². The maximum absolute atomic E-state index is 10.4. The monoisotopic (exact) mass is 152 g/mol. The van der Waals surface area contributed by atoms with E-state index in [9.17, 15) is 4.79 Å². The largest absolute Gasteiger partial charge is 0.478 e. The van der Waals surface area contributed by atoms with Gasteiger partial charge in [-0.2, -0.15) is 0 Å². The highest BCUT2D eigenvalue weighted by molar-refractivity contribution is 5.92. The van der Waals surface area contributed by atoms with Crippen molar-refractivity contribution < 1.29 is 15.1 Å². The molecule has 0 bridgehead atoms. The smallest absolute Gasteiger partial charge is 0.337 e. The molecule has 0 saturated carbocycles. The fourth-order valence-corrected chi connectivity index (χ4v) is 0.742. The molecule has 0 amide bonds. The number of hydrogen-bond donors (Lipinski definition) is 2. The lowest BCUT2D eigenvalue weighted by atomic mass is 10.2. The number of para-hydroxylation sites is 1. The summed E-state index contributed by atoms with van der Waals surface area (Å²) in [6.07, 6.45) is 0. The molecule has 0 aliphatic rings. The number of benzene rings is 1. The molecule has 57 valence electrons. The third kappa shape index (κ3) is 1.47. The number of rotatable bonds is 2. The van der Waals surface area contributed by atoms with E-state index in [1.165, 1.54) is 12.1 Å². The average Bonchev–Trinajstić information content (AvgIpc) is 2.04. The molecule has 0 heterocycles. The normalized spacial score (nSPS) is 9.18. The van der Waals surface area contributed by atoms with Crippen LogP contribution in [0.25, 0.3) is 0 Å². The standard InChI is InChI=1S/C7H6NO3/c9-7(10)5-3-1-2-4-6(5)8-11/h1-4,11H,(H,9,10). The molecule has 0 saturated heterocycles. The molecule has 4 nitrogen and oxygen atoms in total. The van der Waals surface area contributed by atoms with Gasteiger partial charge < -0.3 is 5.11 Å². The van der Waals surface area contributed by atoms with Crippen LogP contribution in [-0.2, 0) is 0 Å². The second-order valence-electron chi connectivity index (χ2n) is 1.92. The van der Waals surface area contributed by atoms with Gasteiger partial charge in [-0.3, -0.25) is 5.21 Å². The molecule has 11 heavy (non-hydrogen) atoms. The lowest BCUT2D eigenvalue weighted by molar-refractivity contribution is 0.0694. The van der Waals surface area contributed by atoms with Crippen molar-refractivity contribution in [3.63, 3.8) is 0 Å². The number of carboxylic acid groups (broad SMARTS) is 1. The van der Waals surface area contributed by atoms with Gasteiger partial charge in [0.05, 0.1) is 5.56 Å². The van der Waals surface area contributed by atoms with E-state index in [4.69, 9.17) is 10.3 Å². The second kappa shape index (κ2) is 3.03. The zero-order valence-electron chi connectivity index (χ0n) is 5.56. The van der Waals surface area contributed by atoms with Gasteiger partial charge in [0.25, 0.3) is 0 Å². The molecule has 1 rings (SSSR count). The van der Waals surface area contributed by atoms with Crippen LogP contribution in [0, 0.1) is 0 Å². The summed E-state index contributed by atoms with van der Waals surface area (Å²) in [7, 11) is 0. The zero-order chi connectivity index (χ0) is 8.27. The van der Waals surface area contributed by atoms with Crippen LogP contribution in [0.15, 0.2) is 24.3 Å². The third-order valence-corrected chi connectivity index (χ3v) is 1.24. The highest BCUT2D eigenvalue weighted by atomic mass is 16.5. The maximum Gasteiger partial charge on any atom is 0.337 e. The molecule has 1 aromatic rings. The van der Waals surface area contributed by atoms with Crippen molar-refractivity contribution in [2.75, 3.05) is 0 Å². The summed E-state index contributed by atoms with van der Waals surface area (Å²) in [6, 6.07) is 5.96. The molecular weight excluding hydrogens is 146 g/mol. The molecule has 0 unspecified atom stereocenters. The third-order valence-electron chi connectivity index (χ3n) is 1.24. The Labute approximate surface area is 63.1 Å². The minimum absolute atomic E-state index is 0.00463. The lowest BCUT2D eigenvalue weighted by Gasteiger charge is -1.98. The molecule has 4 heteroatoms. The number of hydrogen-bond acceptors (Lipinski definition) is 2. The Balaban J connectivity index is 3.12. The van der Waals surface area contributed by atoms with Crippen LogP contribution in [-0.4, -0.2) is 16.3 Å². The highest BCUT2D eigenvalue weighted by Gasteiger charge is 2.07. The summed E-state index contributed by atoms with van der Waals surface area (Å²) < 4.78 is 0. The van der Waals surface area contributed by atoms with E-state index in [0.29, 0.717) is 0 Å². The Morgan fingerprint density at radius 3 is 2.45 bits per heavy atom. The van der Waals surface area contributed by atoms with E-state index in [2.05, 4.69) is 5.48 Å². The average molecular weight is 152 g/mol. The summed E-state index contributed by atoms with van der Waals surface area (Å²) >= 11 is 0.